The summed E-state index contributed by atoms with van der Waals surface area (Å²) in [6, 6.07) is 3.63. The molecule has 2 nitrogen and oxygen atoms in total. The molecule has 0 aliphatic heterocycles. The van der Waals surface area contributed by atoms with Crippen LogP contribution in [-0.2, 0) is 0 Å². The van der Waals surface area contributed by atoms with Gasteiger partial charge in [-0.15, -0.1) is 0 Å². The molecule has 1 rings (SSSR count). The van der Waals surface area contributed by atoms with E-state index in [0.29, 0.717) is 5.02 Å². The fraction of sp³-hybridized carbons (Fsp3) is 0.222. The number of hydrogen-bond acceptors (Lipinski definition) is 2. The molecule has 0 fully saturated rings. The summed E-state index contributed by atoms with van der Waals surface area (Å²) in [4.78, 5) is 6.15. The molecule has 1 heterocycles. The highest BCUT2D eigenvalue weighted by atomic mass is 79.9. The number of pyridine rings is 1. The Labute approximate surface area is 91.4 Å². The third-order valence-electron chi connectivity index (χ3n) is 1.37. The molecule has 0 unspecified atom stereocenters. The van der Waals surface area contributed by atoms with Gasteiger partial charge in [0.05, 0.1) is 10.7 Å². The van der Waals surface area contributed by atoms with Crippen LogP contribution < -0.4 is 0 Å². The van der Waals surface area contributed by atoms with Gasteiger partial charge >= 0.3 is 0 Å². The number of aromatic nitrogens is 1. The van der Waals surface area contributed by atoms with E-state index >= 15 is 0 Å². The molecule has 0 atom stereocenters. The largest absolute Gasteiger partial charge is 0.383 e. The maximum absolute atomic E-state index is 5.93. The van der Waals surface area contributed by atoms with Crippen LogP contribution in [0.3, 0.4) is 0 Å². The highest BCUT2D eigenvalue weighted by molar-refractivity contribution is 9.10. The van der Waals surface area contributed by atoms with Gasteiger partial charge in [0.2, 0.25) is 0 Å². The van der Waals surface area contributed by atoms with E-state index in [4.69, 9.17) is 11.6 Å². The lowest BCUT2D eigenvalue weighted by molar-refractivity contribution is 0.567. The fourth-order valence-electron chi connectivity index (χ4n) is 0.770. The molecule has 0 radical (unpaired) electrons. The second-order valence-corrected chi connectivity index (χ2v) is 4.00. The summed E-state index contributed by atoms with van der Waals surface area (Å²) < 4.78 is 0.787. The normalized spacial score (nSPS) is 10.8. The number of nitrogens with zero attached hydrogens (tertiary/aromatic N) is 2. The summed E-state index contributed by atoms with van der Waals surface area (Å²) in [6.45, 7) is 0. The van der Waals surface area contributed by atoms with E-state index in [1.807, 2.05) is 43.4 Å². The molecule has 1 aromatic rings. The molecule has 0 aliphatic carbocycles. The SMILES string of the molecule is CN(C)/C=C/c1nc(Br)ccc1Cl. The molecular weight excluding hydrogens is 251 g/mol. The molecule has 0 aromatic carbocycles. The summed E-state index contributed by atoms with van der Waals surface area (Å²) >= 11 is 9.21. The molecule has 1 aromatic heterocycles. The van der Waals surface area contributed by atoms with E-state index < -0.39 is 0 Å². The summed E-state index contributed by atoms with van der Waals surface area (Å²) in [6.07, 6.45) is 3.77. The zero-order chi connectivity index (χ0) is 9.84. The number of halogens is 2. The fourth-order valence-corrected chi connectivity index (χ4v) is 1.26. The van der Waals surface area contributed by atoms with E-state index in [1.165, 1.54) is 0 Å². The van der Waals surface area contributed by atoms with Crippen LogP contribution >= 0.6 is 27.5 Å². The van der Waals surface area contributed by atoms with Crippen LogP contribution in [0.15, 0.2) is 22.9 Å². The Kier molecular flexibility index (Phi) is 3.75. The average molecular weight is 262 g/mol. The maximum atomic E-state index is 5.93. The summed E-state index contributed by atoms with van der Waals surface area (Å²) in [5, 5.41) is 0.654. The zero-order valence-corrected chi connectivity index (χ0v) is 9.80. The van der Waals surface area contributed by atoms with Crippen molar-refractivity contribution in [2.24, 2.45) is 0 Å². The van der Waals surface area contributed by atoms with Gasteiger partial charge in [0.1, 0.15) is 4.60 Å². The molecule has 0 bridgehead atoms. The van der Waals surface area contributed by atoms with Crippen molar-refractivity contribution in [3.05, 3.63) is 33.7 Å². The Morgan fingerprint density at radius 2 is 2.15 bits per heavy atom. The molecule has 13 heavy (non-hydrogen) atoms. The molecule has 0 N–H and O–H groups in total. The number of hydrogen-bond donors (Lipinski definition) is 0. The quantitative estimate of drug-likeness (QED) is 0.761. The minimum atomic E-state index is 0.654. The predicted molar refractivity (Wildman–Crippen MR) is 59.7 cm³/mol. The molecule has 0 spiro atoms. The van der Waals surface area contributed by atoms with Crippen molar-refractivity contribution in [1.29, 1.82) is 0 Å². The van der Waals surface area contributed by atoms with E-state index in [2.05, 4.69) is 20.9 Å². The topological polar surface area (TPSA) is 16.1 Å². The standard InChI is InChI=1S/C9H10BrClN2/c1-13(2)6-5-8-7(11)3-4-9(10)12-8/h3-6H,1-2H3/b6-5+. The van der Waals surface area contributed by atoms with Crippen molar-refractivity contribution < 1.29 is 0 Å². The monoisotopic (exact) mass is 260 g/mol. The van der Waals surface area contributed by atoms with E-state index in [-0.39, 0.29) is 0 Å². The van der Waals surface area contributed by atoms with Crippen molar-refractivity contribution in [2.75, 3.05) is 14.1 Å². The summed E-state index contributed by atoms with van der Waals surface area (Å²) in [5.74, 6) is 0. The Balaban J connectivity index is 2.93. The Bertz CT molecular complexity index is 323. The maximum Gasteiger partial charge on any atom is 0.106 e. The lowest BCUT2D eigenvalue weighted by Crippen LogP contribution is -2.00. The molecule has 0 aliphatic rings. The first-order valence-corrected chi connectivity index (χ1v) is 4.93. The van der Waals surface area contributed by atoms with Gasteiger partial charge in [-0.1, -0.05) is 11.6 Å². The van der Waals surface area contributed by atoms with Crippen molar-refractivity contribution in [1.82, 2.24) is 9.88 Å². The highest BCUT2D eigenvalue weighted by Crippen LogP contribution is 2.18. The van der Waals surface area contributed by atoms with E-state index in [1.54, 1.807) is 0 Å². The molecular formula is C9H10BrClN2. The second kappa shape index (κ2) is 4.63. The van der Waals surface area contributed by atoms with Crippen LogP contribution in [0, 0.1) is 0 Å². The van der Waals surface area contributed by atoms with Crippen LogP contribution in [0.2, 0.25) is 5.02 Å². The van der Waals surface area contributed by atoms with Gasteiger partial charge in [0.25, 0.3) is 0 Å². The van der Waals surface area contributed by atoms with Crippen molar-refractivity contribution in [2.45, 2.75) is 0 Å². The van der Waals surface area contributed by atoms with Crippen molar-refractivity contribution >= 4 is 33.6 Å². The molecule has 0 saturated carbocycles. The molecule has 4 heteroatoms. The first-order valence-electron chi connectivity index (χ1n) is 3.76. The van der Waals surface area contributed by atoms with Gasteiger partial charge in [-0.2, -0.15) is 0 Å². The van der Waals surface area contributed by atoms with Gasteiger partial charge in [-0.05, 0) is 34.1 Å². The molecule has 70 valence electrons. The van der Waals surface area contributed by atoms with E-state index in [9.17, 15) is 0 Å². The van der Waals surface area contributed by atoms with Crippen LogP contribution in [-0.4, -0.2) is 24.0 Å². The summed E-state index contributed by atoms with van der Waals surface area (Å²) in [7, 11) is 3.89. The van der Waals surface area contributed by atoms with Gasteiger partial charge in [0.15, 0.2) is 0 Å². The van der Waals surface area contributed by atoms with Crippen LogP contribution in [0.4, 0.5) is 0 Å². The first-order chi connectivity index (χ1) is 6.09. The minimum Gasteiger partial charge on any atom is -0.383 e. The zero-order valence-electron chi connectivity index (χ0n) is 7.46. The van der Waals surface area contributed by atoms with Crippen LogP contribution in [0.25, 0.3) is 6.08 Å². The first kappa shape index (κ1) is 10.5. The second-order valence-electron chi connectivity index (χ2n) is 2.78. The average Bonchev–Trinajstić information content (AvgIpc) is 2.06. The van der Waals surface area contributed by atoms with Crippen molar-refractivity contribution in [3.63, 3.8) is 0 Å². The van der Waals surface area contributed by atoms with Gasteiger partial charge in [-0.25, -0.2) is 4.98 Å². The Morgan fingerprint density at radius 1 is 1.46 bits per heavy atom. The summed E-state index contributed by atoms with van der Waals surface area (Å²) in [5.41, 5.74) is 0.768. The smallest absolute Gasteiger partial charge is 0.106 e. The number of rotatable bonds is 2. The molecule has 0 amide bonds. The minimum absolute atomic E-state index is 0.654. The Morgan fingerprint density at radius 3 is 2.77 bits per heavy atom. The molecule has 0 saturated heterocycles. The lowest BCUT2D eigenvalue weighted by atomic mass is 10.3. The highest BCUT2D eigenvalue weighted by Gasteiger charge is 1.98. The van der Waals surface area contributed by atoms with Gasteiger partial charge < -0.3 is 4.90 Å². The predicted octanol–water partition coefficient (Wildman–Crippen LogP) is 3.03. The van der Waals surface area contributed by atoms with Crippen LogP contribution in [0.5, 0.6) is 0 Å². The lowest BCUT2D eigenvalue weighted by Gasteiger charge is -2.03. The third kappa shape index (κ3) is 3.36. The third-order valence-corrected chi connectivity index (χ3v) is 2.13. The van der Waals surface area contributed by atoms with Gasteiger partial charge in [-0.3, -0.25) is 0 Å². The Hall–Kier alpha value is -0.540. The van der Waals surface area contributed by atoms with E-state index in [0.717, 1.165) is 10.3 Å². The van der Waals surface area contributed by atoms with Gasteiger partial charge in [0, 0.05) is 20.3 Å². The van der Waals surface area contributed by atoms with Crippen LogP contribution in [0.1, 0.15) is 5.69 Å². The van der Waals surface area contributed by atoms with Crippen molar-refractivity contribution in [3.8, 4) is 0 Å².